The first-order valence-corrected chi connectivity index (χ1v) is 10.6. The molecule has 136 valence electrons. The van der Waals surface area contributed by atoms with Gasteiger partial charge in [0.1, 0.15) is 5.82 Å². The van der Waals surface area contributed by atoms with Crippen molar-refractivity contribution in [1.29, 1.82) is 0 Å². The van der Waals surface area contributed by atoms with Crippen LogP contribution in [0.15, 0.2) is 18.3 Å². The molecule has 2 aromatic heterocycles. The SMILES string of the molecule is CCCn1nccc1-c1cc(C)nc([C@H]2CCCN(S(C)(=O)=O)C2)n1. The summed E-state index contributed by atoms with van der Waals surface area (Å²) < 4.78 is 27.2. The van der Waals surface area contributed by atoms with Crippen LogP contribution in [0.1, 0.15) is 43.6 Å². The van der Waals surface area contributed by atoms with E-state index in [1.807, 2.05) is 23.7 Å². The third kappa shape index (κ3) is 4.07. The van der Waals surface area contributed by atoms with E-state index >= 15 is 0 Å². The van der Waals surface area contributed by atoms with Gasteiger partial charge in [-0.3, -0.25) is 4.68 Å². The van der Waals surface area contributed by atoms with Crippen LogP contribution >= 0.6 is 0 Å². The molecular formula is C17H25N5O2S. The quantitative estimate of drug-likeness (QED) is 0.813. The van der Waals surface area contributed by atoms with E-state index in [1.54, 1.807) is 6.20 Å². The molecule has 0 aliphatic carbocycles. The number of rotatable bonds is 5. The van der Waals surface area contributed by atoms with E-state index in [0.29, 0.717) is 13.1 Å². The lowest BCUT2D eigenvalue weighted by atomic mass is 9.98. The lowest BCUT2D eigenvalue weighted by Crippen LogP contribution is -2.38. The van der Waals surface area contributed by atoms with Crippen LogP contribution in [0.2, 0.25) is 0 Å². The summed E-state index contributed by atoms with van der Waals surface area (Å²) in [5.74, 6) is 0.761. The van der Waals surface area contributed by atoms with E-state index in [4.69, 9.17) is 4.98 Å². The van der Waals surface area contributed by atoms with E-state index in [-0.39, 0.29) is 5.92 Å². The molecule has 8 heteroatoms. The first kappa shape index (κ1) is 18.0. The minimum absolute atomic E-state index is 0.0321. The predicted octanol–water partition coefficient (Wildman–Crippen LogP) is 2.20. The fourth-order valence-electron chi connectivity index (χ4n) is 3.30. The van der Waals surface area contributed by atoms with Gasteiger partial charge < -0.3 is 0 Å². The van der Waals surface area contributed by atoms with Crippen molar-refractivity contribution in [2.24, 2.45) is 0 Å². The monoisotopic (exact) mass is 363 g/mol. The number of aryl methyl sites for hydroxylation is 2. The number of hydrogen-bond acceptors (Lipinski definition) is 5. The van der Waals surface area contributed by atoms with Crippen LogP contribution in [0.5, 0.6) is 0 Å². The summed E-state index contributed by atoms with van der Waals surface area (Å²) in [4.78, 5) is 9.36. The van der Waals surface area contributed by atoms with Crippen molar-refractivity contribution in [2.45, 2.75) is 45.6 Å². The summed E-state index contributed by atoms with van der Waals surface area (Å²) in [6.45, 7) is 5.94. The topological polar surface area (TPSA) is 81.0 Å². The average molecular weight is 363 g/mol. The Kier molecular flexibility index (Phi) is 5.19. The fourth-order valence-corrected chi connectivity index (χ4v) is 4.21. The molecule has 0 aromatic carbocycles. The van der Waals surface area contributed by atoms with E-state index in [2.05, 4.69) is 17.0 Å². The summed E-state index contributed by atoms with van der Waals surface area (Å²) in [5.41, 5.74) is 2.72. The molecule has 0 radical (unpaired) electrons. The second-order valence-corrected chi connectivity index (χ2v) is 8.63. The molecule has 3 rings (SSSR count). The molecule has 2 aromatic rings. The normalized spacial score (nSPS) is 19.2. The Morgan fingerprint density at radius 2 is 2.12 bits per heavy atom. The van der Waals surface area contributed by atoms with E-state index < -0.39 is 10.0 Å². The average Bonchev–Trinajstić information content (AvgIpc) is 3.02. The van der Waals surface area contributed by atoms with Crippen molar-refractivity contribution < 1.29 is 8.42 Å². The van der Waals surface area contributed by atoms with Crippen LogP contribution < -0.4 is 0 Å². The summed E-state index contributed by atoms with van der Waals surface area (Å²) in [5, 5.41) is 4.37. The highest BCUT2D eigenvalue weighted by Crippen LogP contribution is 2.28. The lowest BCUT2D eigenvalue weighted by molar-refractivity contribution is 0.311. The molecule has 0 bridgehead atoms. The van der Waals surface area contributed by atoms with Crippen LogP contribution in [-0.2, 0) is 16.6 Å². The molecule has 7 nitrogen and oxygen atoms in total. The van der Waals surface area contributed by atoms with Gasteiger partial charge in [0.15, 0.2) is 0 Å². The predicted molar refractivity (Wildman–Crippen MR) is 96.7 cm³/mol. The minimum Gasteiger partial charge on any atom is -0.263 e. The van der Waals surface area contributed by atoms with Crippen molar-refractivity contribution in [3.8, 4) is 11.4 Å². The second-order valence-electron chi connectivity index (χ2n) is 6.65. The Balaban J connectivity index is 1.93. The van der Waals surface area contributed by atoms with Gasteiger partial charge in [-0.1, -0.05) is 6.92 Å². The second kappa shape index (κ2) is 7.21. The summed E-state index contributed by atoms with van der Waals surface area (Å²) in [6, 6.07) is 3.93. The first-order chi connectivity index (χ1) is 11.9. The Morgan fingerprint density at radius 1 is 1.32 bits per heavy atom. The number of nitrogens with zero attached hydrogens (tertiary/aromatic N) is 5. The highest BCUT2D eigenvalue weighted by atomic mass is 32.2. The summed E-state index contributed by atoms with van der Waals surface area (Å²) in [6.07, 6.45) is 5.79. The van der Waals surface area contributed by atoms with E-state index in [1.165, 1.54) is 10.6 Å². The maximum absolute atomic E-state index is 11.9. The van der Waals surface area contributed by atoms with Crippen LogP contribution in [0.4, 0.5) is 0 Å². The smallest absolute Gasteiger partial charge is 0.211 e. The zero-order valence-corrected chi connectivity index (χ0v) is 15.8. The van der Waals surface area contributed by atoms with E-state index in [0.717, 1.165) is 48.7 Å². The molecule has 0 N–H and O–H groups in total. The van der Waals surface area contributed by atoms with Gasteiger partial charge in [-0.2, -0.15) is 5.10 Å². The molecular weight excluding hydrogens is 338 g/mol. The highest BCUT2D eigenvalue weighted by molar-refractivity contribution is 7.88. The number of hydrogen-bond donors (Lipinski definition) is 0. The number of aromatic nitrogens is 4. The van der Waals surface area contributed by atoms with Crippen molar-refractivity contribution in [1.82, 2.24) is 24.1 Å². The molecule has 0 spiro atoms. The number of piperidine rings is 1. The minimum atomic E-state index is -3.18. The van der Waals surface area contributed by atoms with Crippen molar-refractivity contribution in [2.75, 3.05) is 19.3 Å². The molecule has 3 heterocycles. The lowest BCUT2D eigenvalue weighted by Gasteiger charge is -2.30. The number of sulfonamides is 1. The highest BCUT2D eigenvalue weighted by Gasteiger charge is 2.29. The van der Waals surface area contributed by atoms with Crippen molar-refractivity contribution >= 4 is 10.0 Å². The van der Waals surface area contributed by atoms with Gasteiger partial charge in [0.25, 0.3) is 0 Å². The molecule has 1 aliphatic rings. The van der Waals surface area contributed by atoms with Gasteiger partial charge >= 0.3 is 0 Å². The standard InChI is InChI=1S/C17H25N5O2S/c1-4-9-22-16(7-8-18-22)15-11-13(2)19-17(20-15)14-6-5-10-21(12-14)25(3,23)24/h7-8,11,14H,4-6,9-10,12H2,1-3H3/t14-/m0/s1. The van der Waals surface area contributed by atoms with Crippen molar-refractivity contribution in [3.63, 3.8) is 0 Å². The van der Waals surface area contributed by atoms with Crippen LogP contribution in [-0.4, -0.2) is 51.8 Å². The Bertz CT molecular complexity index is 846. The molecule has 1 saturated heterocycles. The summed E-state index contributed by atoms with van der Waals surface area (Å²) >= 11 is 0. The van der Waals surface area contributed by atoms with Crippen LogP contribution in [0, 0.1) is 6.92 Å². The molecule has 0 unspecified atom stereocenters. The van der Waals surface area contributed by atoms with Crippen LogP contribution in [0.25, 0.3) is 11.4 Å². The Morgan fingerprint density at radius 3 is 2.84 bits per heavy atom. The Hall–Kier alpha value is -1.80. The third-order valence-electron chi connectivity index (χ3n) is 4.50. The molecule has 1 aliphatic heterocycles. The first-order valence-electron chi connectivity index (χ1n) is 8.71. The Labute approximate surface area is 149 Å². The summed E-state index contributed by atoms with van der Waals surface area (Å²) in [7, 11) is -3.18. The van der Waals surface area contributed by atoms with Crippen LogP contribution in [0.3, 0.4) is 0 Å². The van der Waals surface area contributed by atoms with Crippen molar-refractivity contribution in [3.05, 3.63) is 29.8 Å². The molecule has 0 saturated carbocycles. The maximum Gasteiger partial charge on any atom is 0.211 e. The van der Waals surface area contributed by atoms with Gasteiger partial charge in [0, 0.05) is 37.4 Å². The zero-order chi connectivity index (χ0) is 18.0. The fraction of sp³-hybridized carbons (Fsp3) is 0.588. The van der Waals surface area contributed by atoms with Gasteiger partial charge in [-0.05, 0) is 38.3 Å². The van der Waals surface area contributed by atoms with Gasteiger partial charge in [0.05, 0.1) is 17.6 Å². The molecule has 25 heavy (non-hydrogen) atoms. The van der Waals surface area contributed by atoms with E-state index in [9.17, 15) is 8.42 Å². The molecule has 1 fully saturated rings. The van der Waals surface area contributed by atoms with Gasteiger partial charge in [-0.15, -0.1) is 0 Å². The van der Waals surface area contributed by atoms with Gasteiger partial charge in [-0.25, -0.2) is 22.7 Å². The maximum atomic E-state index is 11.9. The van der Waals surface area contributed by atoms with Gasteiger partial charge in [0.2, 0.25) is 10.0 Å². The third-order valence-corrected chi connectivity index (χ3v) is 5.77. The molecule has 0 amide bonds. The largest absolute Gasteiger partial charge is 0.263 e. The molecule has 1 atom stereocenters. The zero-order valence-electron chi connectivity index (χ0n) is 15.0.